The maximum absolute atomic E-state index is 11.8. The van der Waals surface area contributed by atoms with E-state index in [9.17, 15) is 19.5 Å². The van der Waals surface area contributed by atoms with Gasteiger partial charge in [0.25, 0.3) is 0 Å². The molecule has 0 aliphatic carbocycles. The summed E-state index contributed by atoms with van der Waals surface area (Å²) in [5, 5.41) is 27.3. The Kier molecular flexibility index (Phi) is 3.55. The number of thioether (sulfide) groups is 1. The molecule has 8 heteroatoms. The van der Waals surface area contributed by atoms with Crippen molar-refractivity contribution in [2.45, 2.75) is 25.5 Å². The highest BCUT2D eigenvalue weighted by Gasteiger charge is 2.56. The molecule has 1 saturated heterocycles. The first-order chi connectivity index (χ1) is 8.84. The van der Waals surface area contributed by atoms with E-state index in [0.717, 1.165) is 16.7 Å². The summed E-state index contributed by atoms with van der Waals surface area (Å²) in [7, 11) is 0. The molecule has 19 heavy (non-hydrogen) atoms. The minimum absolute atomic E-state index is 0.141. The van der Waals surface area contributed by atoms with Gasteiger partial charge in [0.2, 0.25) is 5.91 Å². The zero-order chi connectivity index (χ0) is 14.3. The minimum Gasteiger partial charge on any atom is -0.481 e. The van der Waals surface area contributed by atoms with E-state index in [0.29, 0.717) is 11.3 Å². The first kappa shape index (κ1) is 13.9. The normalized spacial score (nSPS) is 27.1. The number of amides is 1. The van der Waals surface area contributed by atoms with Gasteiger partial charge < -0.3 is 20.2 Å². The molecule has 3 atom stereocenters. The Hall–Kier alpha value is -1.54. The summed E-state index contributed by atoms with van der Waals surface area (Å²) in [5.74, 6) is -3.55. The molecule has 0 bridgehead atoms. The van der Waals surface area contributed by atoms with Crippen molar-refractivity contribution in [1.82, 2.24) is 4.90 Å². The number of β-lactam (4-membered cyclic amide) rings is 1. The van der Waals surface area contributed by atoms with Crippen molar-refractivity contribution in [2.24, 2.45) is 5.92 Å². The molecular weight excluding hydrogens is 274 g/mol. The lowest BCUT2D eigenvalue weighted by atomic mass is 9.83. The topological polar surface area (TPSA) is 115 Å². The molecule has 0 aromatic carbocycles. The van der Waals surface area contributed by atoms with Gasteiger partial charge in [-0.15, -0.1) is 11.8 Å². The number of aliphatic hydroxyl groups is 1. The Labute approximate surface area is 112 Å². The van der Waals surface area contributed by atoms with Gasteiger partial charge in [0, 0.05) is 11.3 Å². The second kappa shape index (κ2) is 4.86. The van der Waals surface area contributed by atoms with E-state index in [-0.39, 0.29) is 17.5 Å². The molecule has 0 saturated carbocycles. The van der Waals surface area contributed by atoms with Crippen LogP contribution in [0, 0.1) is 5.92 Å². The quantitative estimate of drug-likeness (QED) is 0.595. The summed E-state index contributed by atoms with van der Waals surface area (Å²) < 4.78 is 0. The monoisotopic (exact) mass is 287 g/mol. The zero-order valence-electron chi connectivity index (χ0n) is 10.1. The summed E-state index contributed by atoms with van der Waals surface area (Å²) >= 11 is 0.916. The highest BCUT2D eigenvalue weighted by atomic mass is 32.2. The van der Waals surface area contributed by atoms with Crippen LogP contribution < -0.4 is 0 Å². The van der Waals surface area contributed by atoms with Gasteiger partial charge in [-0.05, 0) is 6.92 Å². The fourth-order valence-electron chi connectivity index (χ4n) is 2.51. The fraction of sp³-hybridized carbons (Fsp3) is 0.545. The van der Waals surface area contributed by atoms with Crippen LogP contribution in [0.15, 0.2) is 10.6 Å². The van der Waals surface area contributed by atoms with Gasteiger partial charge in [-0.2, -0.15) is 0 Å². The molecule has 7 nitrogen and oxygen atoms in total. The number of nitrogens with zero attached hydrogens (tertiary/aromatic N) is 1. The average molecular weight is 287 g/mol. The molecule has 0 radical (unpaired) electrons. The predicted molar refractivity (Wildman–Crippen MR) is 65.2 cm³/mol. The van der Waals surface area contributed by atoms with E-state index >= 15 is 0 Å². The lowest BCUT2D eigenvalue weighted by Crippen LogP contribution is -2.61. The number of carbonyl (C=O) groups is 3. The number of aliphatic carboxylic acids is 2. The first-order valence-corrected chi connectivity index (χ1v) is 6.65. The van der Waals surface area contributed by atoms with Gasteiger partial charge in [0.15, 0.2) is 0 Å². The Morgan fingerprint density at radius 1 is 1.47 bits per heavy atom. The molecule has 0 spiro atoms. The van der Waals surface area contributed by atoms with Crippen LogP contribution in [0.3, 0.4) is 0 Å². The molecule has 1 amide bonds. The fourth-order valence-corrected chi connectivity index (χ4v) is 3.42. The second-order valence-electron chi connectivity index (χ2n) is 4.51. The van der Waals surface area contributed by atoms with Gasteiger partial charge in [-0.1, -0.05) is 0 Å². The van der Waals surface area contributed by atoms with Gasteiger partial charge in [0.1, 0.15) is 5.70 Å². The maximum atomic E-state index is 11.8. The number of carbonyl (C=O) groups excluding carboxylic acids is 1. The number of rotatable bonds is 5. The molecule has 0 unspecified atom stereocenters. The van der Waals surface area contributed by atoms with E-state index in [1.807, 2.05) is 0 Å². The Morgan fingerprint density at radius 2 is 2.11 bits per heavy atom. The molecule has 2 heterocycles. The van der Waals surface area contributed by atoms with Crippen LogP contribution in [-0.4, -0.2) is 56.0 Å². The average Bonchev–Trinajstić information content (AvgIpc) is 2.60. The summed E-state index contributed by atoms with van der Waals surface area (Å²) in [4.78, 5) is 35.1. The summed E-state index contributed by atoms with van der Waals surface area (Å²) in [6, 6.07) is -0.366. The predicted octanol–water partition coefficient (Wildman–Crippen LogP) is -0.288. The molecule has 2 rings (SSSR count). The minimum atomic E-state index is -1.24. The van der Waals surface area contributed by atoms with Crippen molar-refractivity contribution < 1.29 is 29.7 Å². The van der Waals surface area contributed by atoms with Crippen molar-refractivity contribution >= 4 is 29.6 Å². The van der Waals surface area contributed by atoms with Crippen molar-refractivity contribution in [3.05, 3.63) is 10.6 Å². The Bertz CT molecular complexity index is 486. The van der Waals surface area contributed by atoms with Crippen molar-refractivity contribution in [2.75, 3.05) is 5.75 Å². The molecule has 1 fully saturated rings. The molecular formula is C11H13NO6S. The molecule has 104 valence electrons. The third-order valence-electron chi connectivity index (χ3n) is 3.26. The second-order valence-corrected chi connectivity index (χ2v) is 5.58. The third-order valence-corrected chi connectivity index (χ3v) is 4.36. The SMILES string of the molecule is C[C@H](O)[C@H]1C(=O)N2C(C(=O)O)=C(SCC(=O)O)C[C@H]12. The van der Waals surface area contributed by atoms with E-state index in [1.165, 1.54) is 6.92 Å². The molecule has 0 aromatic rings. The van der Waals surface area contributed by atoms with Crippen molar-refractivity contribution in [3.63, 3.8) is 0 Å². The van der Waals surface area contributed by atoms with Crippen LogP contribution in [-0.2, 0) is 14.4 Å². The smallest absolute Gasteiger partial charge is 0.353 e. The zero-order valence-corrected chi connectivity index (χ0v) is 10.9. The van der Waals surface area contributed by atoms with Gasteiger partial charge in [-0.3, -0.25) is 9.59 Å². The Balaban J connectivity index is 2.21. The molecule has 3 N–H and O–H groups in total. The van der Waals surface area contributed by atoms with Gasteiger partial charge in [-0.25, -0.2) is 4.79 Å². The van der Waals surface area contributed by atoms with Crippen LogP contribution in [0.25, 0.3) is 0 Å². The number of fused-ring (bicyclic) bond motifs is 1. The van der Waals surface area contributed by atoms with Crippen molar-refractivity contribution in [1.29, 1.82) is 0 Å². The number of aliphatic hydroxyl groups excluding tert-OH is 1. The third kappa shape index (κ3) is 2.21. The van der Waals surface area contributed by atoms with E-state index in [4.69, 9.17) is 10.2 Å². The standard InChI is InChI=1S/C11H13NO6S/c1-4(13)8-5-2-6(19-3-7(14)15)9(11(17)18)12(5)10(8)16/h4-5,8,13H,2-3H2,1H3,(H,14,15)(H,17,18)/t4-,5+,8+/m0/s1. The van der Waals surface area contributed by atoms with Crippen LogP contribution >= 0.6 is 11.8 Å². The van der Waals surface area contributed by atoms with E-state index in [1.54, 1.807) is 0 Å². The largest absolute Gasteiger partial charge is 0.481 e. The lowest BCUT2D eigenvalue weighted by molar-refractivity contribution is -0.161. The molecule has 0 aromatic heterocycles. The highest BCUT2D eigenvalue weighted by Crippen LogP contribution is 2.46. The first-order valence-electron chi connectivity index (χ1n) is 5.66. The highest BCUT2D eigenvalue weighted by molar-refractivity contribution is 8.03. The molecule has 2 aliphatic rings. The van der Waals surface area contributed by atoms with Gasteiger partial charge >= 0.3 is 11.9 Å². The lowest BCUT2D eigenvalue weighted by Gasteiger charge is -2.44. The summed E-state index contributed by atoms with van der Waals surface area (Å²) in [6.07, 6.45) is -0.548. The Morgan fingerprint density at radius 3 is 2.58 bits per heavy atom. The summed E-state index contributed by atoms with van der Waals surface area (Å²) in [5.41, 5.74) is -0.141. The van der Waals surface area contributed by atoms with E-state index < -0.39 is 29.9 Å². The number of carboxylic acid groups (broad SMARTS) is 2. The van der Waals surface area contributed by atoms with Crippen LogP contribution in [0.4, 0.5) is 0 Å². The van der Waals surface area contributed by atoms with Crippen LogP contribution in [0.2, 0.25) is 0 Å². The number of carboxylic acids is 2. The van der Waals surface area contributed by atoms with Gasteiger partial charge in [0.05, 0.1) is 23.8 Å². The van der Waals surface area contributed by atoms with Crippen molar-refractivity contribution in [3.8, 4) is 0 Å². The maximum Gasteiger partial charge on any atom is 0.353 e. The van der Waals surface area contributed by atoms with E-state index in [2.05, 4.69) is 0 Å². The van der Waals surface area contributed by atoms with Crippen LogP contribution in [0.5, 0.6) is 0 Å². The number of hydrogen-bond donors (Lipinski definition) is 3. The van der Waals surface area contributed by atoms with Crippen LogP contribution in [0.1, 0.15) is 13.3 Å². The number of hydrogen-bond acceptors (Lipinski definition) is 5. The molecule has 2 aliphatic heterocycles. The summed E-state index contributed by atoms with van der Waals surface area (Å²) in [6.45, 7) is 1.49.